The van der Waals surface area contributed by atoms with Crippen molar-refractivity contribution < 1.29 is 9.22 Å². The van der Waals surface area contributed by atoms with Crippen LogP contribution < -0.4 is 0 Å². The molecule has 160 valence electrons. The number of carbonyl (C=O) groups is 1. The van der Waals surface area contributed by atoms with Crippen LogP contribution in [-0.2, 0) is 10.8 Å². The number of hydrogen-bond donors (Lipinski definition) is 0. The van der Waals surface area contributed by atoms with E-state index in [-0.39, 0.29) is 16.4 Å². The zero-order valence-corrected chi connectivity index (χ0v) is 20.8. The number of nitrogens with zero attached hydrogens (tertiary/aromatic N) is 1. The van der Waals surface area contributed by atoms with Crippen LogP contribution in [0.4, 0.5) is 0 Å². The summed E-state index contributed by atoms with van der Waals surface area (Å²) in [5.74, 6) is 0.125. The molecule has 28 heavy (non-hydrogen) atoms. The van der Waals surface area contributed by atoms with Gasteiger partial charge in [0, 0.05) is 25.3 Å². The summed E-state index contributed by atoms with van der Waals surface area (Å²) < 4.78 is 6.36. The summed E-state index contributed by atoms with van der Waals surface area (Å²) in [6.07, 6.45) is 3.24. The molecule has 0 saturated heterocycles. The summed E-state index contributed by atoms with van der Waals surface area (Å²) in [7, 11) is -1.66. The third-order valence-electron chi connectivity index (χ3n) is 6.39. The zero-order chi connectivity index (χ0) is 21.6. The van der Waals surface area contributed by atoms with Crippen LogP contribution in [0.15, 0.2) is 24.3 Å². The van der Waals surface area contributed by atoms with Crippen LogP contribution in [0, 0.1) is 5.41 Å². The van der Waals surface area contributed by atoms with Crippen molar-refractivity contribution >= 4 is 14.2 Å². The fourth-order valence-corrected chi connectivity index (χ4v) is 3.96. The predicted octanol–water partition coefficient (Wildman–Crippen LogP) is 6.54. The molecular weight excluding hydrogens is 362 g/mol. The maximum atomic E-state index is 12.4. The molecule has 0 bridgehead atoms. The van der Waals surface area contributed by atoms with Gasteiger partial charge in [0.1, 0.15) is 0 Å². The summed E-state index contributed by atoms with van der Waals surface area (Å²) in [4.78, 5) is 14.3. The first kappa shape index (κ1) is 24.9. The average molecular weight is 406 g/mol. The number of hydrogen-bond acceptors (Lipinski definition) is 2. The van der Waals surface area contributed by atoms with E-state index in [2.05, 4.69) is 59.8 Å². The monoisotopic (exact) mass is 405 g/mol. The van der Waals surface area contributed by atoms with E-state index in [1.165, 1.54) is 5.56 Å². The second-order valence-electron chi connectivity index (χ2n) is 10.2. The van der Waals surface area contributed by atoms with Crippen LogP contribution in [0.5, 0.6) is 0 Å². The summed E-state index contributed by atoms with van der Waals surface area (Å²) in [5, 5.41) is 0.265. The highest BCUT2D eigenvalue weighted by molar-refractivity contribution is 6.74. The molecule has 0 aliphatic heterocycles. The lowest BCUT2D eigenvalue weighted by atomic mass is 9.83. The van der Waals surface area contributed by atoms with Gasteiger partial charge in [-0.3, -0.25) is 4.79 Å². The Morgan fingerprint density at radius 2 is 1.50 bits per heavy atom. The minimum Gasteiger partial charge on any atom is -0.417 e. The van der Waals surface area contributed by atoms with E-state index in [9.17, 15) is 4.79 Å². The van der Waals surface area contributed by atoms with Gasteiger partial charge in [-0.1, -0.05) is 46.8 Å². The lowest BCUT2D eigenvalue weighted by molar-refractivity contribution is 0.0773. The molecule has 1 aromatic rings. The van der Waals surface area contributed by atoms with Crippen LogP contribution in [-0.4, -0.2) is 38.8 Å². The zero-order valence-electron chi connectivity index (χ0n) is 19.8. The van der Waals surface area contributed by atoms with Crippen molar-refractivity contribution in [2.75, 3.05) is 19.7 Å². The smallest absolute Gasteiger partial charge is 0.253 e. The molecule has 1 aromatic carbocycles. The van der Waals surface area contributed by atoms with Gasteiger partial charge in [0.2, 0.25) is 0 Å². The Bertz CT molecular complexity index is 610. The van der Waals surface area contributed by atoms with Gasteiger partial charge in [0.15, 0.2) is 8.32 Å². The summed E-state index contributed by atoms with van der Waals surface area (Å²) in [5.41, 5.74) is 2.34. The number of aryl methyl sites for hydroxylation is 1. The first-order chi connectivity index (χ1) is 12.8. The molecule has 0 unspecified atom stereocenters. The maximum Gasteiger partial charge on any atom is 0.253 e. The number of benzene rings is 1. The molecule has 0 aromatic heterocycles. The number of amides is 1. The minimum atomic E-state index is -1.66. The van der Waals surface area contributed by atoms with Gasteiger partial charge in [-0.25, -0.2) is 0 Å². The van der Waals surface area contributed by atoms with Crippen LogP contribution in [0.3, 0.4) is 0 Å². The average Bonchev–Trinajstić information content (AvgIpc) is 2.60. The Labute approximate surface area is 175 Å². The minimum absolute atomic E-state index is 0.125. The van der Waals surface area contributed by atoms with Crippen LogP contribution in [0.2, 0.25) is 18.1 Å². The topological polar surface area (TPSA) is 29.5 Å². The Morgan fingerprint density at radius 3 is 1.96 bits per heavy atom. The Balaban J connectivity index is 2.55. The van der Waals surface area contributed by atoms with E-state index < -0.39 is 8.32 Å². The summed E-state index contributed by atoms with van der Waals surface area (Å²) >= 11 is 0. The molecule has 0 spiro atoms. The molecule has 0 radical (unpaired) electrons. The van der Waals surface area contributed by atoms with Crippen molar-refractivity contribution in [3.05, 3.63) is 35.4 Å². The van der Waals surface area contributed by atoms with Gasteiger partial charge in [-0.05, 0) is 74.4 Å². The lowest BCUT2D eigenvalue weighted by Crippen LogP contribution is -2.41. The molecule has 4 heteroatoms. The van der Waals surface area contributed by atoms with Crippen molar-refractivity contribution in [3.8, 4) is 0 Å². The molecule has 3 nitrogen and oxygen atoms in total. The Morgan fingerprint density at radius 1 is 0.964 bits per heavy atom. The van der Waals surface area contributed by atoms with E-state index in [0.29, 0.717) is 0 Å². The van der Waals surface area contributed by atoms with Crippen molar-refractivity contribution in [2.45, 2.75) is 85.9 Å². The molecular formula is C24H43NO2Si. The Kier molecular flexibility index (Phi) is 8.95. The second-order valence-corrected chi connectivity index (χ2v) is 15.0. The van der Waals surface area contributed by atoms with Crippen LogP contribution in [0.25, 0.3) is 0 Å². The first-order valence-corrected chi connectivity index (χ1v) is 13.8. The normalized spacial score (nSPS) is 12.9. The van der Waals surface area contributed by atoms with Crippen molar-refractivity contribution in [2.24, 2.45) is 5.41 Å². The van der Waals surface area contributed by atoms with Gasteiger partial charge in [-0.15, -0.1) is 0 Å². The molecule has 0 atom stereocenters. The van der Waals surface area contributed by atoms with E-state index in [1.807, 2.05) is 30.9 Å². The summed E-state index contributed by atoms with van der Waals surface area (Å²) in [6, 6.07) is 8.17. The first-order valence-electron chi connectivity index (χ1n) is 10.8. The molecule has 0 aliphatic carbocycles. The largest absolute Gasteiger partial charge is 0.417 e. The molecule has 1 amide bonds. The number of rotatable bonds is 10. The van der Waals surface area contributed by atoms with Crippen molar-refractivity contribution in [1.29, 1.82) is 0 Å². The molecule has 0 saturated carbocycles. The highest BCUT2D eigenvalue weighted by Crippen LogP contribution is 2.37. The molecule has 1 rings (SSSR count). The van der Waals surface area contributed by atoms with E-state index in [1.54, 1.807) is 0 Å². The van der Waals surface area contributed by atoms with Gasteiger partial charge >= 0.3 is 0 Å². The second kappa shape index (κ2) is 10.1. The number of carbonyl (C=O) groups excluding carboxylic acids is 1. The molecule has 0 N–H and O–H groups in total. The standard InChI is InChI=1S/C24H43NO2Si/c1-10-25(11-2)22(26)21-14-12-20(13-15-21)16-17-24(6,7)18-19-27-28(8,9)23(3,4)5/h12-15H,10-11,16-19H2,1-9H3. The summed E-state index contributed by atoms with van der Waals surface area (Å²) in [6.45, 7) is 22.6. The van der Waals surface area contributed by atoms with E-state index >= 15 is 0 Å². The molecule has 0 heterocycles. The van der Waals surface area contributed by atoms with Crippen LogP contribution in [0.1, 0.15) is 77.2 Å². The van der Waals surface area contributed by atoms with Gasteiger partial charge in [0.25, 0.3) is 5.91 Å². The maximum absolute atomic E-state index is 12.4. The Hall–Kier alpha value is -1.13. The highest BCUT2D eigenvalue weighted by atomic mass is 28.4. The lowest BCUT2D eigenvalue weighted by Gasteiger charge is -2.37. The van der Waals surface area contributed by atoms with Gasteiger partial charge in [0.05, 0.1) is 0 Å². The van der Waals surface area contributed by atoms with Crippen molar-refractivity contribution in [1.82, 2.24) is 4.90 Å². The molecule has 0 fully saturated rings. The quantitative estimate of drug-likeness (QED) is 0.414. The SMILES string of the molecule is CCN(CC)C(=O)c1ccc(CCC(C)(C)CCO[Si](C)(C)C(C)(C)C)cc1. The van der Waals surface area contributed by atoms with E-state index in [0.717, 1.165) is 44.5 Å². The van der Waals surface area contributed by atoms with Crippen LogP contribution >= 0.6 is 0 Å². The third kappa shape index (κ3) is 7.36. The predicted molar refractivity (Wildman–Crippen MR) is 124 cm³/mol. The van der Waals surface area contributed by atoms with Crippen molar-refractivity contribution in [3.63, 3.8) is 0 Å². The van der Waals surface area contributed by atoms with E-state index in [4.69, 9.17) is 4.43 Å². The third-order valence-corrected chi connectivity index (χ3v) is 10.9. The fraction of sp³-hybridized carbons (Fsp3) is 0.708. The highest BCUT2D eigenvalue weighted by Gasteiger charge is 2.37. The van der Waals surface area contributed by atoms with Gasteiger partial charge in [-0.2, -0.15) is 0 Å². The fourth-order valence-electron chi connectivity index (χ4n) is 2.91. The van der Waals surface area contributed by atoms with Gasteiger partial charge < -0.3 is 9.33 Å². The molecule has 0 aliphatic rings.